The van der Waals surface area contributed by atoms with E-state index in [0.717, 1.165) is 0 Å². The molecule has 3 aliphatic heterocycles. The Labute approximate surface area is 185 Å². The van der Waals surface area contributed by atoms with Crippen molar-refractivity contribution in [3.05, 3.63) is 24.0 Å². The van der Waals surface area contributed by atoms with Gasteiger partial charge in [0.2, 0.25) is 11.8 Å². The number of piperazine rings is 1. The molecule has 4 heterocycles. The van der Waals surface area contributed by atoms with Crippen LogP contribution in [0.5, 0.6) is 5.75 Å². The van der Waals surface area contributed by atoms with Gasteiger partial charge >= 0.3 is 0 Å². The summed E-state index contributed by atoms with van der Waals surface area (Å²) in [5.74, 6) is -1.01. The van der Waals surface area contributed by atoms with Crippen LogP contribution < -0.4 is 0 Å². The van der Waals surface area contributed by atoms with E-state index < -0.39 is 5.91 Å². The van der Waals surface area contributed by atoms with E-state index in [1.165, 1.54) is 17.2 Å². The Morgan fingerprint density at radius 1 is 1.28 bits per heavy atom. The minimum absolute atomic E-state index is 0.0558. The number of aromatic hydroxyl groups is 1. The fraction of sp³-hybridized carbons (Fsp3) is 0.571. The number of rotatable bonds is 3. The third-order valence-corrected chi connectivity index (χ3v) is 6.12. The first-order valence-corrected chi connectivity index (χ1v) is 10.6. The van der Waals surface area contributed by atoms with Crippen LogP contribution >= 0.6 is 0 Å². The molecule has 0 aliphatic carbocycles. The Morgan fingerprint density at radius 3 is 2.59 bits per heavy atom. The van der Waals surface area contributed by atoms with Crippen molar-refractivity contribution in [1.29, 1.82) is 0 Å². The van der Waals surface area contributed by atoms with Crippen LogP contribution in [-0.2, 0) is 19.1 Å². The molecule has 0 saturated carbocycles. The monoisotopic (exact) mass is 448 g/mol. The summed E-state index contributed by atoms with van der Waals surface area (Å²) in [5.41, 5.74) is -0.0558. The largest absolute Gasteiger partial charge is 0.505 e. The first-order chi connectivity index (χ1) is 15.4. The van der Waals surface area contributed by atoms with Gasteiger partial charge in [-0.1, -0.05) is 6.92 Å². The first-order valence-electron chi connectivity index (χ1n) is 10.6. The molecule has 0 radical (unpaired) electrons. The molecule has 0 aromatic carbocycles. The molecule has 3 fully saturated rings. The summed E-state index contributed by atoms with van der Waals surface area (Å²) >= 11 is 0. The van der Waals surface area contributed by atoms with Crippen molar-refractivity contribution in [2.75, 3.05) is 39.4 Å². The van der Waals surface area contributed by atoms with Crippen LogP contribution in [-0.4, -0.2) is 106 Å². The van der Waals surface area contributed by atoms with E-state index in [0.29, 0.717) is 45.7 Å². The Balaban J connectivity index is 0.000000913. The van der Waals surface area contributed by atoms with Crippen LogP contribution in [0.4, 0.5) is 0 Å². The summed E-state index contributed by atoms with van der Waals surface area (Å²) in [6.45, 7) is 4.24. The number of fused-ring (bicyclic) bond motifs is 1. The Bertz CT molecular complexity index is 858. The lowest BCUT2D eigenvalue weighted by molar-refractivity contribution is -0.143. The van der Waals surface area contributed by atoms with Crippen LogP contribution in [0.25, 0.3) is 0 Å². The van der Waals surface area contributed by atoms with E-state index in [1.54, 1.807) is 6.07 Å². The van der Waals surface area contributed by atoms with Crippen LogP contribution in [0.3, 0.4) is 0 Å². The molecule has 3 amide bonds. The lowest BCUT2D eigenvalue weighted by atomic mass is 9.95. The molecule has 0 spiro atoms. The van der Waals surface area contributed by atoms with Crippen molar-refractivity contribution in [1.82, 2.24) is 19.7 Å². The lowest BCUT2D eigenvalue weighted by Gasteiger charge is -2.40. The minimum atomic E-state index is -0.466. The van der Waals surface area contributed by atoms with Gasteiger partial charge in [-0.05, 0) is 25.0 Å². The smallest absolute Gasteiger partial charge is 0.290 e. The van der Waals surface area contributed by atoms with E-state index in [1.807, 2.05) is 16.7 Å². The maximum atomic E-state index is 13.1. The van der Waals surface area contributed by atoms with Gasteiger partial charge in [-0.15, -0.1) is 0 Å². The second kappa shape index (κ2) is 10.4. The topological polar surface area (TPSA) is 141 Å². The molecule has 1 aromatic heterocycles. The SMILES string of the molecule is CC[C@H]1[C@@H](C(=O)N2CCOCC2)C[C@H]2CN(C(=O)c3ncccc3O)CC(=O)N21.O=CO. The molecular formula is C21H28N4O7. The number of carbonyl (C=O) groups is 4. The second-order valence-electron chi connectivity index (χ2n) is 7.87. The van der Waals surface area contributed by atoms with Gasteiger partial charge < -0.3 is 29.6 Å². The molecule has 3 aliphatic rings. The number of carbonyl (C=O) groups excluding carboxylic acids is 3. The lowest BCUT2D eigenvalue weighted by Crippen LogP contribution is -2.57. The molecule has 4 rings (SSSR count). The molecule has 1 aromatic rings. The van der Waals surface area contributed by atoms with Crippen molar-refractivity contribution in [2.45, 2.75) is 31.8 Å². The van der Waals surface area contributed by atoms with Gasteiger partial charge in [-0.2, -0.15) is 0 Å². The summed E-state index contributed by atoms with van der Waals surface area (Å²) in [5, 5.41) is 16.8. The average Bonchev–Trinajstić information content (AvgIpc) is 3.18. The molecule has 174 valence electrons. The third-order valence-electron chi connectivity index (χ3n) is 6.12. The Kier molecular flexibility index (Phi) is 7.62. The van der Waals surface area contributed by atoms with Crippen molar-refractivity contribution >= 4 is 24.2 Å². The van der Waals surface area contributed by atoms with Crippen molar-refractivity contribution in [3.8, 4) is 5.75 Å². The molecule has 0 unspecified atom stereocenters. The number of pyridine rings is 1. The highest BCUT2D eigenvalue weighted by Gasteiger charge is 2.50. The van der Waals surface area contributed by atoms with Crippen molar-refractivity contribution in [3.63, 3.8) is 0 Å². The summed E-state index contributed by atoms with van der Waals surface area (Å²) < 4.78 is 5.34. The first kappa shape index (κ1) is 23.5. The molecule has 3 saturated heterocycles. The normalized spacial score (nSPS) is 25.0. The standard InChI is InChI=1S/C20H26N4O5.CH2O2/c1-2-15-14(19(27)22-6-8-29-9-7-22)10-13-11-23(12-17(26)24(13)15)20(28)18-16(25)4-3-5-21-18;2-1-3/h3-5,13-15,25H,2,6-12H2,1H3;1H,(H,2,3)/t13-,14-,15-;/m0./s1. The zero-order chi connectivity index (χ0) is 23.3. The zero-order valence-electron chi connectivity index (χ0n) is 17.9. The van der Waals surface area contributed by atoms with Crippen LogP contribution in [0.15, 0.2) is 18.3 Å². The predicted octanol–water partition coefficient (Wildman–Crippen LogP) is -0.202. The quantitative estimate of drug-likeness (QED) is 0.606. The number of aromatic nitrogens is 1. The fourth-order valence-electron chi connectivity index (χ4n) is 4.77. The van der Waals surface area contributed by atoms with Gasteiger partial charge in [0, 0.05) is 31.9 Å². The predicted molar refractivity (Wildman–Crippen MR) is 111 cm³/mol. The maximum absolute atomic E-state index is 13.1. The highest BCUT2D eigenvalue weighted by atomic mass is 16.5. The number of amides is 3. The van der Waals surface area contributed by atoms with Crippen LogP contribution in [0, 0.1) is 5.92 Å². The molecule has 3 atom stereocenters. The number of hydrogen-bond acceptors (Lipinski definition) is 7. The van der Waals surface area contributed by atoms with Crippen LogP contribution in [0.2, 0.25) is 0 Å². The fourth-order valence-corrected chi connectivity index (χ4v) is 4.77. The summed E-state index contributed by atoms with van der Waals surface area (Å²) in [4.78, 5) is 56.2. The van der Waals surface area contributed by atoms with E-state index in [9.17, 15) is 19.5 Å². The second-order valence-corrected chi connectivity index (χ2v) is 7.87. The van der Waals surface area contributed by atoms with Gasteiger partial charge in [0.25, 0.3) is 12.4 Å². The molecule has 32 heavy (non-hydrogen) atoms. The number of morpholine rings is 1. The van der Waals surface area contributed by atoms with Crippen LogP contribution in [0.1, 0.15) is 30.3 Å². The zero-order valence-corrected chi connectivity index (χ0v) is 17.9. The van der Waals surface area contributed by atoms with E-state index in [2.05, 4.69) is 4.98 Å². The molecule has 0 bridgehead atoms. The number of nitrogens with zero attached hydrogens (tertiary/aromatic N) is 4. The van der Waals surface area contributed by atoms with E-state index >= 15 is 0 Å². The van der Waals surface area contributed by atoms with Gasteiger partial charge in [0.15, 0.2) is 5.69 Å². The number of carboxylic acid groups (broad SMARTS) is 1. The van der Waals surface area contributed by atoms with Gasteiger partial charge in [-0.25, -0.2) is 4.98 Å². The van der Waals surface area contributed by atoms with E-state index in [-0.39, 0.29) is 54.3 Å². The van der Waals surface area contributed by atoms with Gasteiger partial charge in [0.05, 0.1) is 25.2 Å². The summed E-state index contributed by atoms with van der Waals surface area (Å²) in [6, 6.07) is 2.59. The maximum Gasteiger partial charge on any atom is 0.290 e. The third kappa shape index (κ3) is 4.67. The molecule has 11 heteroatoms. The number of hydrogen-bond donors (Lipinski definition) is 2. The molecule has 2 N–H and O–H groups in total. The van der Waals surface area contributed by atoms with Crippen molar-refractivity contribution < 1.29 is 34.1 Å². The molecular weight excluding hydrogens is 420 g/mol. The van der Waals surface area contributed by atoms with Gasteiger partial charge in [0.1, 0.15) is 12.3 Å². The highest BCUT2D eigenvalue weighted by molar-refractivity contribution is 5.98. The minimum Gasteiger partial charge on any atom is -0.505 e. The summed E-state index contributed by atoms with van der Waals surface area (Å²) in [7, 11) is 0. The Hall–Kier alpha value is -3.21. The van der Waals surface area contributed by atoms with Gasteiger partial charge in [-0.3, -0.25) is 19.2 Å². The average molecular weight is 448 g/mol. The summed E-state index contributed by atoms with van der Waals surface area (Å²) in [6.07, 6.45) is 2.67. The highest BCUT2D eigenvalue weighted by Crippen LogP contribution is 2.36. The number of ether oxygens (including phenoxy) is 1. The van der Waals surface area contributed by atoms with E-state index in [4.69, 9.17) is 14.6 Å². The Morgan fingerprint density at radius 2 is 1.97 bits per heavy atom. The molecule has 11 nitrogen and oxygen atoms in total. The van der Waals surface area contributed by atoms with Crippen molar-refractivity contribution in [2.24, 2.45) is 5.92 Å².